The molecule has 24 heavy (non-hydrogen) atoms. The molecule has 1 atom stereocenters. The first kappa shape index (κ1) is 16.3. The van der Waals surface area contributed by atoms with Crippen molar-refractivity contribution in [2.24, 2.45) is 0 Å². The zero-order valence-electron chi connectivity index (χ0n) is 13.3. The highest BCUT2D eigenvalue weighted by Gasteiger charge is 2.42. The summed E-state index contributed by atoms with van der Waals surface area (Å²) >= 11 is 6.06. The minimum absolute atomic E-state index is 0.310. The van der Waals surface area contributed by atoms with Crippen LogP contribution in [0.2, 0.25) is 5.02 Å². The van der Waals surface area contributed by atoms with Crippen LogP contribution in [-0.2, 0) is 16.0 Å². The normalized spacial score (nSPS) is 19.2. The van der Waals surface area contributed by atoms with Crippen molar-refractivity contribution in [3.8, 4) is 5.75 Å². The van der Waals surface area contributed by atoms with Gasteiger partial charge in [0.2, 0.25) is 0 Å². The lowest BCUT2D eigenvalue weighted by atomic mass is 9.89. The fraction of sp³-hybridized carbons (Fsp3) is 0.222. The SMILES string of the molecule is COc1ccc(NC(=O)[C@]2(C)Cc3ccccc3C(=O)O2)cc1Cl. The van der Waals surface area contributed by atoms with Crippen molar-refractivity contribution in [2.45, 2.75) is 18.9 Å². The fourth-order valence-electron chi connectivity index (χ4n) is 2.67. The number of ether oxygens (including phenoxy) is 2. The van der Waals surface area contributed by atoms with Crippen molar-refractivity contribution >= 4 is 29.2 Å². The second-order valence-corrected chi connectivity index (χ2v) is 6.16. The Kier molecular flexibility index (Phi) is 4.20. The molecular formula is C18H16ClNO4. The van der Waals surface area contributed by atoms with Gasteiger partial charge in [-0.2, -0.15) is 0 Å². The molecule has 2 aromatic carbocycles. The van der Waals surface area contributed by atoms with Crippen molar-refractivity contribution in [1.82, 2.24) is 0 Å². The molecule has 2 aromatic rings. The van der Waals surface area contributed by atoms with Gasteiger partial charge in [0.05, 0.1) is 17.7 Å². The van der Waals surface area contributed by atoms with Gasteiger partial charge in [-0.1, -0.05) is 29.8 Å². The van der Waals surface area contributed by atoms with Gasteiger partial charge in [-0.3, -0.25) is 4.79 Å². The third-order valence-electron chi connectivity index (χ3n) is 3.97. The Morgan fingerprint density at radius 3 is 2.75 bits per heavy atom. The zero-order valence-corrected chi connectivity index (χ0v) is 14.0. The largest absolute Gasteiger partial charge is 0.495 e. The van der Waals surface area contributed by atoms with E-state index < -0.39 is 17.5 Å². The van der Waals surface area contributed by atoms with Gasteiger partial charge in [0.1, 0.15) is 5.75 Å². The van der Waals surface area contributed by atoms with Crippen LogP contribution in [0.3, 0.4) is 0 Å². The minimum Gasteiger partial charge on any atom is -0.495 e. The molecule has 1 N–H and O–H groups in total. The molecule has 3 rings (SSSR count). The molecule has 0 spiro atoms. The molecule has 6 heteroatoms. The number of methoxy groups -OCH3 is 1. The molecule has 0 aliphatic carbocycles. The summed E-state index contributed by atoms with van der Waals surface area (Å²) in [5, 5.41) is 3.12. The first-order chi connectivity index (χ1) is 11.4. The highest BCUT2D eigenvalue weighted by molar-refractivity contribution is 6.32. The number of esters is 1. The molecule has 1 amide bonds. The number of hydrogen-bond acceptors (Lipinski definition) is 4. The third kappa shape index (κ3) is 2.95. The predicted molar refractivity (Wildman–Crippen MR) is 90.6 cm³/mol. The van der Waals surface area contributed by atoms with E-state index in [0.29, 0.717) is 28.4 Å². The van der Waals surface area contributed by atoms with Gasteiger partial charge in [0.15, 0.2) is 5.60 Å². The first-order valence-corrected chi connectivity index (χ1v) is 7.77. The lowest BCUT2D eigenvalue weighted by Gasteiger charge is -2.33. The van der Waals surface area contributed by atoms with Crippen molar-refractivity contribution in [3.63, 3.8) is 0 Å². The maximum absolute atomic E-state index is 12.6. The molecule has 124 valence electrons. The van der Waals surface area contributed by atoms with Crippen molar-refractivity contribution in [3.05, 3.63) is 58.6 Å². The first-order valence-electron chi connectivity index (χ1n) is 7.39. The number of rotatable bonds is 3. The summed E-state index contributed by atoms with van der Waals surface area (Å²) in [5.74, 6) is -0.396. The van der Waals surface area contributed by atoms with E-state index in [1.54, 1.807) is 37.3 Å². The summed E-state index contributed by atoms with van der Waals surface area (Å²) in [6.45, 7) is 1.60. The quantitative estimate of drug-likeness (QED) is 0.865. The molecule has 0 saturated carbocycles. The number of cyclic esters (lactones) is 1. The third-order valence-corrected chi connectivity index (χ3v) is 4.27. The molecule has 5 nitrogen and oxygen atoms in total. The van der Waals surface area contributed by atoms with Gasteiger partial charge in [0, 0.05) is 12.1 Å². The maximum atomic E-state index is 12.6. The number of carbonyl (C=O) groups excluding carboxylic acids is 2. The monoisotopic (exact) mass is 345 g/mol. The van der Waals surface area contributed by atoms with Crippen LogP contribution in [-0.4, -0.2) is 24.6 Å². The number of halogens is 1. The number of fused-ring (bicyclic) bond motifs is 1. The summed E-state index contributed by atoms with van der Waals surface area (Å²) in [5.41, 5.74) is 0.508. The molecule has 0 unspecified atom stereocenters. The molecular weight excluding hydrogens is 330 g/mol. The van der Waals surface area contributed by atoms with E-state index in [4.69, 9.17) is 21.1 Å². The number of benzene rings is 2. The summed E-state index contributed by atoms with van der Waals surface area (Å²) in [4.78, 5) is 24.8. The van der Waals surface area contributed by atoms with Crippen LogP contribution >= 0.6 is 11.6 Å². The van der Waals surface area contributed by atoms with E-state index in [0.717, 1.165) is 5.56 Å². The van der Waals surface area contributed by atoms with Gasteiger partial charge in [-0.05, 0) is 36.8 Å². The molecule has 1 aliphatic heterocycles. The average Bonchev–Trinajstić information content (AvgIpc) is 2.55. The van der Waals surface area contributed by atoms with Gasteiger partial charge < -0.3 is 14.8 Å². The van der Waals surface area contributed by atoms with Crippen molar-refractivity contribution < 1.29 is 19.1 Å². The highest BCUT2D eigenvalue weighted by atomic mass is 35.5. The Balaban J connectivity index is 1.82. The van der Waals surface area contributed by atoms with E-state index in [1.165, 1.54) is 7.11 Å². The number of nitrogens with one attached hydrogen (secondary N) is 1. The average molecular weight is 346 g/mol. The Bertz CT molecular complexity index is 820. The topological polar surface area (TPSA) is 64.6 Å². The second kappa shape index (κ2) is 6.17. The molecule has 0 bridgehead atoms. The minimum atomic E-state index is -1.28. The number of amides is 1. The number of anilines is 1. The molecule has 0 saturated heterocycles. The van der Waals surface area contributed by atoms with Crippen molar-refractivity contribution in [2.75, 3.05) is 12.4 Å². The summed E-state index contributed by atoms with van der Waals surface area (Å²) in [7, 11) is 1.51. The Morgan fingerprint density at radius 1 is 1.29 bits per heavy atom. The van der Waals surface area contributed by atoms with Crippen LogP contribution in [0.15, 0.2) is 42.5 Å². The second-order valence-electron chi connectivity index (χ2n) is 5.76. The van der Waals surface area contributed by atoms with Crippen LogP contribution in [0, 0.1) is 0 Å². The Labute approximate surface area is 144 Å². The molecule has 0 fully saturated rings. The maximum Gasteiger partial charge on any atom is 0.339 e. The summed E-state index contributed by atoms with van der Waals surface area (Å²) < 4.78 is 10.5. The molecule has 0 aromatic heterocycles. The number of hydrogen-bond donors (Lipinski definition) is 1. The fourth-order valence-corrected chi connectivity index (χ4v) is 2.92. The van der Waals surface area contributed by atoms with E-state index in [1.807, 2.05) is 12.1 Å². The molecule has 0 radical (unpaired) electrons. The lowest BCUT2D eigenvalue weighted by Crippen LogP contribution is -2.48. The highest BCUT2D eigenvalue weighted by Crippen LogP contribution is 2.31. The zero-order chi connectivity index (χ0) is 17.3. The summed E-state index contributed by atoms with van der Waals surface area (Å²) in [6, 6.07) is 12.0. The van der Waals surface area contributed by atoms with Crippen molar-refractivity contribution in [1.29, 1.82) is 0 Å². The number of carbonyl (C=O) groups is 2. The Hall–Kier alpha value is -2.53. The van der Waals surface area contributed by atoms with E-state index >= 15 is 0 Å². The van der Waals surface area contributed by atoms with Crippen LogP contribution in [0.5, 0.6) is 5.75 Å². The van der Waals surface area contributed by atoms with Gasteiger partial charge in [0.25, 0.3) is 5.91 Å². The lowest BCUT2D eigenvalue weighted by molar-refractivity contribution is -0.134. The predicted octanol–water partition coefficient (Wildman–Crippen LogP) is 3.46. The Morgan fingerprint density at radius 2 is 2.04 bits per heavy atom. The van der Waals surface area contributed by atoms with Gasteiger partial charge in [-0.15, -0.1) is 0 Å². The molecule has 1 aliphatic rings. The smallest absolute Gasteiger partial charge is 0.339 e. The standard InChI is InChI=1S/C18H16ClNO4/c1-18(10-11-5-3-4-6-13(11)16(21)24-18)17(22)20-12-7-8-15(23-2)14(19)9-12/h3-9H,10H2,1-2H3,(H,20,22)/t18-/m0/s1. The van der Waals surface area contributed by atoms with E-state index in [2.05, 4.69) is 5.32 Å². The molecule has 1 heterocycles. The van der Waals surface area contributed by atoms with Gasteiger partial charge in [-0.25, -0.2) is 4.79 Å². The van der Waals surface area contributed by atoms with E-state index in [-0.39, 0.29) is 0 Å². The summed E-state index contributed by atoms with van der Waals surface area (Å²) in [6.07, 6.45) is 0.310. The van der Waals surface area contributed by atoms with E-state index in [9.17, 15) is 9.59 Å². The van der Waals surface area contributed by atoms with Crippen LogP contribution in [0.1, 0.15) is 22.8 Å². The van der Waals surface area contributed by atoms with Gasteiger partial charge >= 0.3 is 5.97 Å². The van der Waals surface area contributed by atoms with Crippen LogP contribution in [0.4, 0.5) is 5.69 Å². The van der Waals surface area contributed by atoms with Crippen LogP contribution < -0.4 is 10.1 Å². The van der Waals surface area contributed by atoms with Crippen LogP contribution in [0.25, 0.3) is 0 Å².